The zero-order chi connectivity index (χ0) is 16.2. The van der Waals surface area contributed by atoms with Crippen LogP contribution in [0, 0.1) is 6.92 Å². The molecule has 0 N–H and O–H groups in total. The molecule has 0 aliphatic carbocycles. The number of rotatable bonds is 6. The van der Waals surface area contributed by atoms with Crippen molar-refractivity contribution < 1.29 is 13.2 Å². The topological polar surface area (TPSA) is 46.6 Å². The van der Waals surface area contributed by atoms with Gasteiger partial charge in [-0.15, -0.1) is 0 Å². The number of aryl methyl sites for hydroxylation is 1. The highest BCUT2D eigenvalue weighted by molar-refractivity contribution is 7.89. The van der Waals surface area contributed by atoms with Crippen LogP contribution in [0.5, 0.6) is 5.75 Å². The van der Waals surface area contributed by atoms with Gasteiger partial charge < -0.3 is 4.74 Å². The molecule has 6 heteroatoms. The average molecular weight is 340 g/mol. The first-order chi connectivity index (χ1) is 10.4. The van der Waals surface area contributed by atoms with Crippen molar-refractivity contribution >= 4 is 21.6 Å². The van der Waals surface area contributed by atoms with Crippen molar-refractivity contribution in [1.29, 1.82) is 0 Å². The van der Waals surface area contributed by atoms with Gasteiger partial charge in [0, 0.05) is 18.6 Å². The number of likely N-dealkylation sites (N-methyl/N-ethyl adjacent to an activating group) is 1. The smallest absolute Gasteiger partial charge is 0.242 e. The lowest BCUT2D eigenvalue weighted by molar-refractivity contribution is 0.287. The molecule has 0 saturated heterocycles. The van der Waals surface area contributed by atoms with Crippen molar-refractivity contribution in [2.75, 3.05) is 20.2 Å². The van der Waals surface area contributed by atoms with E-state index in [1.54, 1.807) is 48.5 Å². The Labute approximate surface area is 136 Å². The Morgan fingerprint density at radius 2 is 1.82 bits per heavy atom. The van der Waals surface area contributed by atoms with Crippen LogP contribution in [0.2, 0.25) is 5.02 Å². The second-order valence-corrected chi connectivity index (χ2v) is 7.43. The lowest BCUT2D eigenvalue weighted by atomic mass is 10.2. The van der Waals surface area contributed by atoms with Gasteiger partial charge >= 0.3 is 0 Å². The third kappa shape index (κ3) is 4.22. The van der Waals surface area contributed by atoms with Gasteiger partial charge in [-0.1, -0.05) is 35.4 Å². The van der Waals surface area contributed by atoms with Crippen LogP contribution in [-0.4, -0.2) is 32.9 Å². The highest BCUT2D eigenvalue weighted by Crippen LogP contribution is 2.18. The lowest BCUT2D eigenvalue weighted by Gasteiger charge is -2.17. The normalized spacial score (nSPS) is 11.6. The molecule has 118 valence electrons. The fraction of sp³-hybridized carbons (Fsp3) is 0.250. The molecule has 4 nitrogen and oxygen atoms in total. The summed E-state index contributed by atoms with van der Waals surface area (Å²) in [5, 5.41) is 0.582. The van der Waals surface area contributed by atoms with Crippen LogP contribution in [0.4, 0.5) is 0 Å². The third-order valence-corrected chi connectivity index (χ3v) is 5.31. The maximum Gasteiger partial charge on any atom is 0.242 e. The van der Waals surface area contributed by atoms with E-state index in [1.807, 2.05) is 6.92 Å². The number of hydrogen-bond acceptors (Lipinski definition) is 3. The molecule has 22 heavy (non-hydrogen) atoms. The molecule has 0 bridgehead atoms. The third-order valence-electron chi connectivity index (χ3n) is 3.20. The average Bonchev–Trinajstić information content (AvgIpc) is 2.47. The number of hydrogen-bond donors (Lipinski definition) is 0. The molecular weight excluding hydrogens is 322 g/mol. The Bertz CT molecular complexity index is 729. The van der Waals surface area contributed by atoms with Crippen molar-refractivity contribution in [3.05, 3.63) is 59.1 Å². The van der Waals surface area contributed by atoms with Crippen molar-refractivity contribution in [2.45, 2.75) is 11.8 Å². The minimum absolute atomic E-state index is 0.252. The Kier molecular flexibility index (Phi) is 5.45. The van der Waals surface area contributed by atoms with Crippen LogP contribution in [0.1, 0.15) is 5.56 Å². The summed E-state index contributed by atoms with van der Waals surface area (Å²) >= 11 is 5.87. The number of halogens is 1. The van der Waals surface area contributed by atoms with Crippen LogP contribution >= 0.6 is 11.6 Å². The second-order valence-electron chi connectivity index (χ2n) is 4.95. The maximum absolute atomic E-state index is 12.4. The molecule has 0 saturated carbocycles. The lowest BCUT2D eigenvalue weighted by Crippen LogP contribution is -2.31. The van der Waals surface area contributed by atoms with Crippen LogP contribution in [-0.2, 0) is 10.0 Å². The van der Waals surface area contributed by atoms with E-state index in [2.05, 4.69) is 0 Å². The van der Waals surface area contributed by atoms with E-state index in [0.717, 1.165) is 5.56 Å². The van der Waals surface area contributed by atoms with Gasteiger partial charge in [-0.2, -0.15) is 4.31 Å². The summed E-state index contributed by atoms with van der Waals surface area (Å²) in [6, 6.07) is 13.8. The standard InChI is InChI=1S/C16H18ClNO3S/c1-13-6-8-16(9-7-13)22(19,20)18(2)10-11-21-15-5-3-4-14(17)12-15/h3-9,12H,10-11H2,1-2H3. The van der Waals surface area contributed by atoms with Crippen LogP contribution in [0.15, 0.2) is 53.4 Å². The highest BCUT2D eigenvalue weighted by Gasteiger charge is 2.20. The summed E-state index contributed by atoms with van der Waals surface area (Å²) in [4.78, 5) is 0.281. The molecule has 0 atom stereocenters. The van der Waals surface area contributed by atoms with Crippen LogP contribution in [0.25, 0.3) is 0 Å². The molecule has 0 heterocycles. The summed E-state index contributed by atoms with van der Waals surface area (Å²) in [5.41, 5.74) is 1.02. The molecule has 2 aromatic carbocycles. The molecule has 0 amide bonds. The number of nitrogens with zero attached hydrogens (tertiary/aromatic N) is 1. The fourth-order valence-electron chi connectivity index (χ4n) is 1.86. The van der Waals surface area contributed by atoms with E-state index in [1.165, 1.54) is 11.4 Å². The minimum Gasteiger partial charge on any atom is -0.492 e. The van der Waals surface area contributed by atoms with Gasteiger partial charge in [0.05, 0.1) is 4.90 Å². The summed E-state index contributed by atoms with van der Waals surface area (Å²) < 4.78 is 31.6. The monoisotopic (exact) mass is 339 g/mol. The van der Waals surface area contributed by atoms with Crippen molar-refractivity contribution in [2.24, 2.45) is 0 Å². The number of ether oxygens (including phenoxy) is 1. The SMILES string of the molecule is Cc1ccc(S(=O)(=O)N(C)CCOc2cccc(Cl)c2)cc1. The van der Waals surface area contributed by atoms with Gasteiger partial charge in [0.15, 0.2) is 0 Å². The zero-order valence-corrected chi connectivity index (χ0v) is 14.1. The molecule has 0 fully saturated rings. The molecule has 0 aliphatic heterocycles. The minimum atomic E-state index is -3.49. The van der Waals surface area contributed by atoms with E-state index >= 15 is 0 Å². The summed E-state index contributed by atoms with van der Waals surface area (Å²) in [7, 11) is -1.95. The predicted molar refractivity (Wildman–Crippen MR) is 87.9 cm³/mol. The van der Waals surface area contributed by atoms with E-state index in [0.29, 0.717) is 10.8 Å². The Hall–Kier alpha value is -1.56. The van der Waals surface area contributed by atoms with Crippen LogP contribution in [0.3, 0.4) is 0 Å². The summed E-state index contributed by atoms with van der Waals surface area (Å²) in [6.45, 7) is 2.42. The molecule has 0 spiro atoms. The van der Waals surface area contributed by atoms with Gasteiger partial charge in [0.2, 0.25) is 10.0 Å². The van der Waals surface area contributed by atoms with E-state index in [4.69, 9.17) is 16.3 Å². The van der Waals surface area contributed by atoms with Gasteiger partial charge in [0.1, 0.15) is 12.4 Å². The van der Waals surface area contributed by atoms with Crippen molar-refractivity contribution in [3.63, 3.8) is 0 Å². The number of benzene rings is 2. The summed E-state index contributed by atoms with van der Waals surface area (Å²) in [5.74, 6) is 0.619. The molecule has 0 aromatic heterocycles. The Morgan fingerprint density at radius 3 is 2.45 bits per heavy atom. The predicted octanol–water partition coefficient (Wildman–Crippen LogP) is 3.35. The molecule has 0 aliphatic rings. The van der Waals surface area contributed by atoms with Crippen LogP contribution < -0.4 is 4.74 Å². The molecule has 0 unspecified atom stereocenters. The van der Waals surface area contributed by atoms with Gasteiger partial charge in [-0.25, -0.2) is 8.42 Å². The largest absolute Gasteiger partial charge is 0.492 e. The van der Waals surface area contributed by atoms with Crippen molar-refractivity contribution in [1.82, 2.24) is 4.31 Å². The second kappa shape index (κ2) is 7.13. The quantitative estimate of drug-likeness (QED) is 0.810. The Morgan fingerprint density at radius 1 is 1.14 bits per heavy atom. The van der Waals surface area contributed by atoms with E-state index in [-0.39, 0.29) is 18.0 Å². The maximum atomic E-state index is 12.4. The number of sulfonamides is 1. The highest BCUT2D eigenvalue weighted by atomic mass is 35.5. The molecule has 2 aromatic rings. The fourth-order valence-corrected chi connectivity index (χ4v) is 3.19. The van der Waals surface area contributed by atoms with Crippen molar-refractivity contribution in [3.8, 4) is 5.75 Å². The molecule has 2 rings (SSSR count). The molecule has 0 radical (unpaired) electrons. The summed E-state index contributed by atoms with van der Waals surface area (Å²) in [6.07, 6.45) is 0. The first kappa shape index (κ1) is 16.8. The zero-order valence-electron chi connectivity index (χ0n) is 12.5. The Balaban J connectivity index is 1.96. The van der Waals surface area contributed by atoms with Gasteiger partial charge in [-0.3, -0.25) is 0 Å². The molecular formula is C16H18ClNO3S. The first-order valence-corrected chi connectivity index (χ1v) is 8.63. The van der Waals surface area contributed by atoms with Gasteiger partial charge in [-0.05, 0) is 37.3 Å². The van der Waals surface area contributed by atoms with Gasteiger partial charge in [0.25, 0.3) is 0 Å². The van der Waals surface area contributed by atoms with E-state index in [9.17, 15) is 8.42 Å². The first-order valence-electron chi connectivity index (χ1n) is 6.81. The van der Waals surface area contributed by atoms with E-state index < -0.39 is 10.0 Å².